The van der Waals surface area contributed by atoms with Gasteiger partial charge < -0.3 is 0 Å². The summed E-state index contributed by atoms with van der Waals surface area (Å²) < 4.78 is 39.3. The quantitative estimate of drug-likeness (QED) is 0.572. The highest BCUT2D eigenvalue weighted by Crippen LogP contribution is 2.37. The molecule has 0 radical (unpaired) electrons. The van der Waals surface area contributed by atoms with Gasteiger partial charge in [0.15, 0.2) is 0 Å². The first-order chi connectivity index (χ1) is 9.97. The van der Waals surface area contributed by atoms with Gasteiger partial charge >= 0.3 is 6.18 Å². The molecule has 0 aliphatic rings. The third-order valence-corrected chi connectivity index (χ3v) is 3.49. The first kappa shape index (κ1) is 13.9. The lowest BCUT2D eigenvalue weighted by Gasteiger charge is -2.13. The Kier molecular flexibility index (Phi) is 3.33. The van der Waals surface area contributed by atoms with Crippen molar-refractivity contribution >= 4 is 22.5 Å². The van der Waals surface area contributed by atoms with Gasteiger partial charge in [-0.3, -0.25) is 0 Å². The molecule has 106 valence electrons. The summed E-state index contributed by atoms with van der Waals surface area (Å²) in [4.78, 5) is 4.30. The molecular formula is C16H9ClF3N. The number of benzene rings is 2. The fraction of sp³-hybridized carbons (Fsp3) is 0.0625. The van der Waals surface area contributed by atoms with Gasteiger partial charge in [-0.2, -0.15) is 13.2 Å². The Hall–Kier alpha value is -2.07. The van der Waals surface area contributed by atoms with Gasteiger partial charge in [-0.1, -0.05) is 48.0 Å². The summed E-state index contributed by atoms with van der Waals surface area (Å²) in [6.07, 6.45) is -4.43. The van der Waals surface area contributed by atoms with Gasteiger partial charge in [0.25, 0.3) is 0 Å². The van der Waals surface area contributed by atoms with Crippen LogP contribution >= 0.6 is 11.6 Å². The molecule has 0 aliphatic carbocycles. The number of pyridine rings is 1. The third-order valence-electron chi connectivity index (χ3n) is 3.17. The van der Waals surface area contributed by atoms with Crippen LogP contribution in [0.25, 0.3) is 22.2 Å². The minimum Gasteiger partial charge on any atom is -0.248 e. The van der Waals surface area contributed by atoms with E-state index in [9.17, 15) is 13.2 Å². The number of nitrogens with zero attached hydrogens (tertiary/aromatic N) is 1. The van der Waals surface area contributed by atoms with Crippen molar-refractivity contribution in [2.45, 2.75) is 6.18 Å². The van der Waals surface area contributed by atoms with E-state index in [1.165, 1.54) is 18.2 Å². The van der Waals surface area contributed by atoms with Crippen LogP contribution in [0.1, 0.15) is 5.56 Å². The van der Waals surface area contributed by atoms with E-state index in [0.717, 1.165) is 6.07 Å². The highest BCUT2D eigenvalue weighted by Gasteiger charge is 2.33. The lowest BCUT2D eigenvalue weighted by molar-refractivity contribution is -0.137. The number of hydrogen-bond donors (Lipinski definition) is 0. The predicted molar refractivity (Wildman–Crippen MR) is 77.2 cm³/mol. The number of rotatable bonds is 1. The minimum absolute atomic E-state index is 0.0256. The number of halogens is 4. The van der Waals surface area contributed by atoms with E-state index in [1.54, 1.807) is 30.3 Å². The first-order valence-electron chi connectivity index (χ1n) is 6.19. The summed E-state index contributed by atoms with van der Waals surface area (Å²) in [6, 6.07) is 13.9. The standard InChI is InChI=1S/C16H9ClF3N/c17-13-9-15(21-14-8-4-2-6-11(13)14)10-5-1-3-7-12(10)16(18,19)20/h1-9H. The second-order valence-corrected chi connectivity index (χ2v) is 4.96. The van der Waals surface area contributed by atoms with Crippen LogP contribution in [0.2, 0.25) is 5.02 Å². The normalized spacial score (nSPS) is 11.8. The number of para-hydroxylation sites is 1. The molecule has 0 amide bonds. The van der Waals surface area contributed by atoms with Crippen molar-refractivity contribution in [3.8, 4) is 11.3 Å². The molecule has 1 heterocycles. The molecule has 0 N–H and O–H groups in total. The van der Waals surface area contributed by atoms with Crippen LogP contribution in [0.3, 0.4) is 0 Å². The van der Waals surface area contributed by atoms with Gasteiger partial charge in [-0.15, -0.1) is 0 Å². The fourth-order valence-corrected chi connectivity index (χ4v) is 2.49. The molecule has 1 aromatic heterocycles. The van der Waals surface area contributed by atoms with E-state index in [2.05, 4.69) is 4.98 Å². The largest absolute Gasteiger partial charge is 0.417 e. The first-order valence-corrected chi connectivity index (χ1v) is 6.56. The average Bonchev–Trinajstić information content (AvgIpc) is 2.46. The van der Waals surface area contributed by atoms with Gasteiger partial charge in [0.1, 0.15) is 0 Å². The van der Waals surface area contributed by atoms with E-state index < -0.39 is 11.7 Å². The zero-order valence-corrected chi connectivity index (χ0v) is 11.4. The van der Waals surface area contributed by atoms with Crippen LogP contribution in [-0.4, -0.2) is 4.98 Å². The number of hydrogen-bond acceptors (Lipinski definition) is 1. The van der Waals surface area contributed by atoms with Gasteiger partial charge in [-0.25, -0.2) is 4.98 Å². The number of alkyl halides is 3. The van der Waals surface area contributed by atoms with E-state index >= 15 is 0 Å². The second kappa shape index (κ2) is 5.04. The molecule has 0 spiro atoms. The summed E-state index contributed by atoms with van der Waals surface area (Å²) in [5.74, 6) is 0. The summed E-state index contributed by atoms with van der Waals surface area (Å²) in [7, 11) is 0. The molecule has 2 aromatic carbocycles. The molecule has 0 aliphatic heterocycles. The zero-order chi connectivity index (χ0) is 15.0. The van der Waals surface area contributed by atoms with Crippen LogP contribution < -0.4 is 0 Å². The predicted octanol–water partition coefficient (Wildman–Crippen LogP) is 5.57. The Morgan fingerprint density at radius 3 is 2.33 bits per heavy atom. The summed E-state index contributed by atoms with van der Waals surface area (Å²) >= 11 is 6.16. The van der Waals surface area contributed by atoms with E-state index in [0.29, 0.717) is 15.9 Å². The summed E-state index contributed by atoms with van der Waals surface area (Å²) in [5, 5.41) is 1.10. The van der Waals surface area contributed by atoms with Crippen molar-refractivity contribution in [2.75, 3.05) is 0 Å². The van der Waals surface area contributed by atoms with E-state index in [-0.39, 0.29) is 11.3 Å². The molecule has 3 aromatic rings. The van der Waals surface area contributed by atoms with E-state index in [1.807, 2.05) is 0 Å². The molecule has 1 nitrogen and oxygen atoms in total. The van der Waals surface area contributed by atoms with Crippen molar-refractivity contribution in [2.24, 2.45) is 0 Å². The molecule has 0 saturated heterocycles. The topological polar surface area (TPSA) is 12.9 Å². The Bertz CT molecular complexity index is 812. The SMILES string of the molecule is FC(F)(F)c1ccccc1-c1cc(Cl)c2ccccc2n1. The van der Waals surface area contributed by atoms with Crippen molar-refractivity contribution in [3.63, 3.8) is 0 Å². The smallest absolute Gasteiger partial charge is 0.248 e. The zero-order valence-electron chi connectivity index (χ0n) is 10.7. The average molecular weight is 308 g/mol. The maximum absolute atomic E-state index is 13.1. The summed E-state index contributed by atoms with van der Waals surface area (Å²) in [6.45, 7) is 0. The van der Waals surface area contributed by atoms with Crippen molar-refractivity contribution in [1.82, 2.24) is 4.98 Å². The molecule has 0 atom stereocenters. The highest BCUT2D eigenvalue weighted by atomic mass is 35.5. The van der Waals surface area contributed by atoms with Gasteiger partial charge in [0.2, 0.25) is 0 Å². The molecular weight excluding hydrogens is 299 g/mol. The Morgan fingerprint density at radius 2 is 1.57 bits per heavy atom. The third kappa shape index (κ3) is 2.59. The van der Waals surface area contributed by atoms with Crippen LogP contribution in [0, 0.1) is 0 Å². The molecule has 5 heteroatoms. The number of fused-ring (bicyclic) bond motifs is 1. The van der Waals surface area contributed by atoms with E-state index in [4.69, 9.17) is 11.6 Å². The molecule has 3 rings (SSSR count). The molecule has 0 saturated carbocycles. The molecule has 0 unspecified atom stereocenters. The maximum atomic E-state index is 13.1. The minimum atomic E-state index is -4.43. The van der Waals surface area contributed by atoms with Crippen LogP contribution in [0.5, 0.6) is 0 Å². The Labute approximate surface area is 124 Å². The van der Waals surface area contributed by atoms with Crippen molar-refractivity contribution < 1.29 is 13.2 Å². The van der Waals surface area contributed by atoms with Crippen LogP contribution in [-0.2, 0) is 6.18 Å². The highest BCUT2D eigenvalue weighted by molar-refractivity contribution is 6.35. The van der Waals surface area contributed by atoms with Gasteiger partial charge in [-0.05, 0) is 18.2 Å². The monoisotopic (exact) mass is 307 g/mol. The molecule has 0 fully saturated rings. The number of aromatic nitrogens is 1. The Balaban J connectivity index is 2.27. The second-order valence-electron chi connectivity index (χ2n) is 4.55. The van der Waals surface area contributed by atoms with Crippen molar-refractivity contribution in [3.05, 3.63) is 65.2 Å². The van der Waals surface area contributed by atoms with Crippen LogP contribution in [0.15, 0.2) is 54.6 Å². The van der Waals surface area contributed by atoms with Gasteiger partial charge in [0.05, 0.1) is 21.8 Å². The lowest BCUT2D eigenvalue weighted by atomic mass is 10.0. The maximum Gasteiger partial charge on any atom is 0.417 e. The van der Waals surface area contributed by atoms with Crippen LogP contribution in [0.4, 0.5) is 13.2 Å². The van der Waals surface area contributed by atoms with Crippen molar-refractivity contribution in [1.29, 1.82) is 0 Å². The Morgan fingerprint density at radius 1 is 0.905 bits per heavy atom. The molecule has 0 bridgehead atoms. The summed E-state index contributed by atoms with van der Waals surface area (Å²) in [5.41, 5.74) is 0.0881. The van der Waals surface area contributed by atoms with Gasteiger partial charge in [0, 0.05) is 10.9 Å². The lowest BCUT2D eigenvalue weighted by Crippen LogP contribution is -2.07. The molecule has 21 heavy (non-hydrogen) atoms. The fourth-order valence-electron chi connectivity index (χ4n) is 2.22.